The summed E-state index contributed by atoms with van der Waals surface area (Å²) in [6, 6.07) is 1.75. The Bertz CT molecular complexity index is 324. The summed E-state index contributed by atoms with van der Waals surface area (Å²) in [6.07, 6.45) is -0.496. The van der Waals surface area contributed by atoms with Crippen LogP contribution in [-0.4, -0.2) is 41.5 Å². The summed E-state index contributed by atoms with van der Waals surface area (Å²) in [4.78, 5) is 12.6. The predicted molar refractivity (Wildman–Crippen MR) is 51.1 cm³/mol. The van der Waals surface area contributed by atoms with Crippen LogP contribution in [0.3, 0.4) is 0 Å². The lowest BCUT2D eigenvalue weighted by atomic mass is 10.4. The molecule has 1 N–H and O–H groups in total. The van der Waals surface area contributed by atoms with Crippen molar-refractivity contribution in [1.29, 1.82) is 0 Å². The fourth-order valence-electron chi connectivity index (χ4n) is 1.04. The average molecular weight is 214 g/mol. The standard InChI is InChI=1S/C9H14N2O4/c1-7-5-8(10-15-7)6-11(2)9(13)14-4-3-12/h5,12H,3-4,6H2,1-2H3. The predicted octanol–water partition coefficient (Wildman–Crippen LogP) is 0.544. The van der Waals surface area contributed by atoms with E-state index in [1.807, 2.05) is 0 Å². The molecular weight excluding hydrogens is 200 g/mol. The number of aryl methyl sites for hydroxylation is 1. The highest BCUT2D eigenvalue weighted by molar-refractivity contribution is 5.67. The SMILES string of the molecule is Cc1cc(CN(C)C(=O)OCCO)no1. The van der Waals surface area contributed by atoms with E-state index in [1.165, 1.54) is 4.90 Å². The summed E-state index contributed by atoms with van der Waals surface area (Å²) in [6.45, 7) is 1.92. The fourth-order valence-corrected chi connectivity index (χ4v) is 1.04. The maximum absolute atomic E-state index is 11.2. The smallest absolute Gasteiger partial charge is 0.409 e. The Hall–Kier alpha value is -1.56. The number of aromatic nitrogens is 1. The van der Waals surface area contributed by atoms with Gasteiger partial charge in [-0.1, -0.05) is 5.16 Å². The molecule has 1 rings (SSSR count). The zero-order valence-corrected chi connectivity index (χ0v) is 8.77. The van der Waals surface area contributed by atoms with Gasteiger partial charge in [0.15, 0.2) is 0 Å². The van der Waals surface area contributed by atoms with E-state index in [9.17, 15) is 4.79 Å². The number of carbonyl (C=O) groups is 1. The van der Waals surface area contributed by atoms with Crippen molar-refractivity contribution in [3.8, 4) is 0 Å². The van der Waals surface area contributed by atoms with Gasteiger partial charge in [-0.2, -0.15) is 0 Å². The quantitative estimate of drug-likeness (QED) is 0.791. The monoisotopic (exact) mass is 214 g/mol. The van der Waals surface area contributed by atoms with Crippen molar-refractivity contribution in [1.82, 2.24) is 10.1 Å². The van der Waals surface area contributed by atoms with Crippen molar-refractivity contribution in [3.05, 3.63) is 17.5 Å². The van der Waals surface area contributed by atoms with Gasteiger partial charge >= 0.3 is 6.09 Å². The van der Waals surface area contributed by atoms with Crippen LogP contribution in [0.1, 0.15) is 11.5 Å². The third kappa shape index (κ3) is 3.59. The van der Waals surface area contributed by atoms with Crippen LogP contribution in [0.2, 0.25) is 0 Å². The summed E-state index contributed by atoms with van der Waals surface area (Å²) in [5.41, 5.74) is 0.663. The second-order valence-corrected chi connectivity index (χ2v) is 3.12. The molecule has 0 aromatic carbocycles. The molecule has 0 atom stereocenters. The van der Waals surface area contributed by atoms with E-state index in [4.69, 9.17) is 14.4 Å². The van der Waals surface area contributed by atoms with Gasteiger partial charge in [-0.25, -0.2) is 4.79 Å². The largest absolute Gasteiger partial charge is 0.447 e. The summed E-state index contributed by atoms with van der Waals surface area (Å²) in [5, 5.41) is 12.2. The van der Waals surface area contributed by atoms with Crippen LogP contribution in [0.25, 0.3) is 0 Å². The minimum atomic E-state index is -0.496. The molecule has 1 heterocycles. The van der Waals surface area contributed by atoms with Gasteiger partial charge in [-0.05, 0) is 6.92 Å². The molecule has 84 valence electrons. The van der Waals surface area contributed by atoms with E-state index >= 15 is 0 Å². The number of ether oxygens (including phenoxy) is 1. The molecule has 15 heavy (non-hydrogen) atoms. The first kappa shape index (κ1) is 11.5. The lowest BCUT2D eigenvalue weighted by Crippen LogP contribution is -2.27. The average Bonchev–Trinajstić information content (AvgIpc) is 2.60. The Kier molecular flexibility index (Phi) is 4.11. The molecule has 6 nitrogen and oxygen atoms in total. The highest BCUT2D eigenvalue weighted by Gasteiger charge is 2.12. The Labute approximate surface area is 87.4 Å². The molecule has 0 spiro atoms. The van der Waals surface area contributed by atoms with Crippen LogP contribution < -0.4 is 0 Å². The van der Waals surface area contributed by atoms with E-state index in [2.05, 4.69) is 5.16 Å². The third-order valence-electron chi connectivity index (χ3n) is 1.70. The molecule has 1 aromatic rings. The lowest BCUT2D eigenvalue weighted by molar-refractivity contribution is 0.0888. The number of hydrogen-bond acceptors (Lipinski definition) is 5. The van der Waals surface area contributed by atoms with E-state index in [0.717, 1.165) is 0 Å². The Morgan fingerprint density at radius 2 is 2.47 bits per heavy atom. The highest BCUT2D eigenvalue weighted by Crippen LogP contribution is 2.05. The van der Waals surface area contributed by atoms with Gasteiger partial charge < -0.3 is 19.3 Å². The normalized spacial score (nSPS) is 10.1. The van der Waals surface area contributed by atoms with Gasteiger partial charge in [0.1, 0.15) is 18.1 Å². The van der Waals surface area contributed by atoms with Crippen molar-refractivity contribution < 1.29 is 19.2 Å². The minimum Gasteiger partial charge on any atom is -0.447 e. The maximum atomic E-state index is 11.2. The Balaban J connectivity index is 2.41. The van der Waals surface area contributed by atoms with Gasteiger partial charge in [-0.15, -0.1) is 0 Å². The van der Waals surface area contributed by atoms with Crippen LogP contribution in [0, 0.1) is 6.92 Å². The number of aliphatic hydroxyl groups is 1. The summed E-state index contributed by atoms with van der Waals surface area (Å²) in [5.74, 6) is 0.696. The molecule has 0 saturated heterocycles. The Morgan fingerprint density at radius 1 is 1.73 bits per heavy atom. The lowest BCUT2D eigenvalue weighted by Gasteiger charge is -2.14. The van der Waals surface area contributed by atoms with Gasteiger partial charge in [0.05, 0.1) is 13.2 Å². The molecule has 0 unspecified atom stereocenters. The van der Waals surface area contributed by atoms with Crippen LogP contribution in [0.15, 0.2) is 10.6 Å². The highest BCUT2D eigenvalue weighted by atomic mass is 16.6. The molecule has 6 heteroatoms. The fraction of sp³-hybridized carbons (Fsp3) is 0.556. The molecule has 0 aliphatic carbocycles. The summed E-state index contributed by atoms with van der Waals surface area (Å²) < 4.78 is 9.57. The third-order valence-corrected chi connectivity index (χ3v) is 1.70. The molecule has 0 fully saturated rings. The van der Waals surface area contributed by atoms with Gasteiger partial charge in [0, 0.05) is 13.1 Å². The second kappa shape index (κ2) is 5.35. The first-order valence-electron chi connectivity index (χ1n) is 4.54. The number of nitrogens with zero attached hydrogens (tertiary/aromatic N) is 2. The van der Waals surface area contributed by atoms with E-state index in [0.29, 0.717) is 18.0 Å². The van der Waals surface area contributed by atoms with Crippen molar-refractivity contribution in [2.75, 3.05) is 20.3 Å². The summed E-state index contributed by atoms with van der Waals surface area (Å²) in [7, 11) is 1.59. The number of hydrogen-bond donors (Lipinski definition) is 1. The van der Waals surface area contributed by atoms with Crippen molar-refractivity contribution in [2.45, 2.75) is 13.5 Å². The second-order valence-electron chi connectivity index (χ2n) is 3.12. The Morgan fingerprint density at radius 3 is 3.00 bits per heavy atom. The topological polar surface area (TPSA) is 75.8 Å². The van der Waals surface area contributed by atoms with Crippen LogP contribution in [0.4, 0.5) is 4.79 Å². The number of carbonyl (C=O) groups excluding carboxylic acids is 1. The number of aliphatic hydroxyl groups excluding tert-OH is 1. The summed E-state index contributed by atoms with van der Waals surface area (Å²) >= 11 is 0. The number of amides is 1. The van der Waals surface area contributed by atoms with E-state index in [-0.39, 0.29) is 13.2 Å². The maximum Gasteiger partial charge on any atom is 0.409 e. The van der Waals surface area contributed by atoms with Crippen molar-refractivity contribution in [3.63, 3.8) is 0 Å². The van der Waals surface area contributed by atoms with Crippen LogP contribution in [-0.2, 0) is 11.3 Å². The first-order valence-corrected chi connectivity index (χ1v) is 4.54. The molecule has 0 aliphatic heterocycles. The van der Waals surface area contributed by atoms with Crippen LogP contribution >= 0.6 is 0 Å². The molecule has 0 saturated carbocycles. The zero-order valence-electron chi connectivity index (χ0n) is 8.77. The first-order chi connectivity index (χ1) is 7.13. The van der Waals surface area contributed by atoms with Gasteiger partial charge in [0.2, 0.25) is 0 Å². The van der Waals surface area contributed by atoms with Crippen molar-refractivity contribution in [2.24, 2.45) is 0 Å². The van der Waals surface area contributed by atoms with E-state index in [1.54, 1.807) is 20.0 Å². The molecule has 0 bridgehead atoms. The zero-order chi connectivity index (χ0) is 11.3. The van der Waals surface area contributed by atoms with Crippen molar-refractivity contribution >= 4 is 6.09 Å². The molecular formula is C9H14N2O4. The van der Waals surface area contributed by atoms with Crippen LogP contribution in [0.5, 0.6) is 0 Å². The number of rotatable bonds is 4. The molecule has 1 amide bonds. The molecule has 0 aliphatic rings. The minimum absolute atomic E-state index is 0.00101. The molecule has 1 aromatic heterocycles. The van der Waals surface area contributed by atoms with Gasteiger partial charge in [-0.3, -0.25) is 0 Å². The molecule has 0 radical (unpaired) electrons. The van der Waals surface area contributed by atoms with Gasteiger partial charge in [0.25, 0.3) is 0 Å². The van der Waals surface area contributed by atoms with E-state index < -0.39 is 6.09 Å².